The Kier molecular flexibility index (Phi) is 6.16. The van der Waals surface area contributed by atoms with Gasteiger partial charge < -0.3 is 14.7 Å². The molecule has 0 unspecified atom stereocenters. The van der Waals surface area contributed by atoms with Crippen molar-refractivity contribution in [3.8, 4) is 0 Å². The molecule has 3 rings (SSSR count). The first-order chi connectivity index (χ1) is 12.9. The Morgan fingerprint density at radius 2 is 1.74 bits per heavy atom. The van der Waals surface area contributed by atoms with E-state index in [9.17, 15) is 18.0 Å². The minimum absolute atomic E-state index is 0.00813. The molecule has 1 aromatic rings. The molecule has 0 aromatic heterocycles. The monoisotopic (exact) mass is 395 g/mol. The molecule has 1 aromatic carbocycles. The summed E-state index contributed by atoms with van der Waals surface area (Å²) in [6.07, 6.45) is 4.20. The van der Waals surface area contributed by atoms with E-state index in [1.165, 1.54) is 12.1 Å². The predicted molar refractivity (Wildman–Crippen MR) is 98.8 cm³/mol. The number of carbonyl (C=O) groups excluding carboxylic acids is 2. The maximum absolute atomic E-state index is 12.8. The molecule has 2 aliphatic rings. The Labute approximate surface area is 159 Å². The topological polar surface area (TPSA) is 101 Å². The van der Waals surface area contributed by atoms with Gasteiger partial charge in [0, 0.05) is 12.1 Å². The zero-order valence-corrected chi connectivity index (χ0v) is 16.0. The van der Waals surface area contributed by atoms with Gasteiger partial charge in [-0.2, -0.15) is 0 Å². The lowest BCUT2D eigenvalue weighted by atomic mass is 10.1. The zero-order chi connectivity index (χ0) is 19.4. The minimum atomic E-state index is -3.11. The molecule has 1 aliphatic carbocycles. The summed E-state index contributed by atoms with van der Waals surface area (Å²) in [5.41, 5.74) is 0.980. The molecule has 8 heteroatoms. The van der Waals surface area contributed by atoms with Gasteiger partial charge in [0.15, 0.2) is 16.4 Å². The van der Waals surface area contributed by atoms with E-state index in [4.69, 9.17) is 9.84 Å². The minimum Gasteiger partial charge on any atom is -0.452 e. The van der Waals surface area contributed by atoms with Crippen LogP contribution in [0.25, 0.3) is 0 Å². The SMILES string of the molecule is O=C(OCC(=O)N(C1CCCC1)[C@H]1CCS(=O)(=O)C1)c1ccc(CO)cc1. The number of sulfone groups is 1. The van der Waals surface area contributed by atoms with Crippen molar-refractivity contribution in [2.75, 3.05) is 18.1 Å². The average Bonchev–Trinajstić information content (AvgIpc) is 3.30. The molecule has 0 bridgehead atoms. The lowest BCUT2D eigenvalue weighted by molar-refractivity contribution is -0.139. The second kappa shape index (κ2) is 8.39. The number of aliphatic hydroxyl groups excluding tert-OH is 1. The van der Waals surface area contributed by atoms with E-state index in [1.807, 2.05) is 0 Å². The van der Waals surface area contributed by atoms with Crippen LogP contribution in [0.5, 0.6) is 0 Å². The molecule has 1 aliphatic heterocycles. The van der Waals surface area contributed by atoms with Crippen molar-refractivity contribution < 1.29 is 27.9 Å². The van der Waals surface area contributed by atoms with Crippen LogP contribution in [0.1, 0.15) is 48.0 Å². The van der Waals surface area contributed by atoms with E-state index in [1.54, 1.807) is 17.0 Å². The molecular formula is C19H25NO6S. The van der Waals surface area contributed by atoms with Gasteiger partial charge in [0.25, 0.3) is 5.91 Å². The molecular weight excluding hydrogens is 370 g/mol. The van der Waals surface area contributed by atoms with Crippen molar-refractivity contribution in [3.05, 3.63) is 35.4 Å². The van der Waals surface area contributed by atoms with Crippen LogP contribution in [-0.4, -0.2) is 60.5 Å². The number of carbonyl (C=O) groups is 2. The molecule has 0 radical (unpaired) electrons. The van der Waals surface area contributed by atoms with Gasteiger partial charge in [-0.1, -0.05) is 25.0 Å². The molecule has 0 spiro atoms. The zero-order valence-electron chi connectivity index (χ0n) is 15.2. The molecule has 2 fully saturated rings. The van der Waals surface area contributed by atoms with Crippen LogP contribution in [-0.2, 0) is 26.0 Å². The molecule has 1 atom stereocenters. The summed E-state index contributed by atoms with van der Waals surface area (Å²) in [5.74, 6) is -0.848. The Morgan fingerprint density at radius 1 is 1.07 bits per heavy atom. The maximum atomic E-state index is 12.8. The number of amides is 1. The van der Waals surface area contributed by atoms with Gasteiger partial charge >= 0.3 is 5.97 Å². The lowest BCUT2D eigenvalue weighted by Gasteiger charge is -2.33. The lowest BCUT2D eigenvalue weighted by Crippen LogP contribution is -2.48. The van der Waals surface area contributed by atoms with Crippen molar-refractivity contribution in [2.24, 2.45) is 0 Å². The van der Waals surface area contributed by atoms with E-state index >= 15 is 0 Å². The Hall–Kier alpha value is -1.93. The summed E-state index contributed by atoms with van der Waals surface area (Å²) in [6.45, 7) is -0.512. The fourth-order valence-electron chi connectivity index (χ4n) is 3.91. The molecule has 1 N–H and O–H groups in total. The van der Waals surface area contributed by atoms with E-state index in [0.29, 0.717) is 17.5 Å². The van der Waals surface area contributed by atoms with Gasteiger partial charge in [0.2, 0.25) is 0 Å². The number of aliphatic hydroxyl groups is 1. The van der Waals surface area contributed by atoms with Gasteiger partial charge in [-0.25, -0.2) is 13.2 Å². The van der Waals surface area contributed by atoms with Crippen LogP contribution in [0.15, 0.2) is 24.3 Å². The summed E-state index contributed by atoms with van der Waals surface area (Å²) in [6, 6.07) is 6.01. The summed E-state index contributed by atoms with van der Waals surface area (Å²) in [4.78, 5) is 26.6. The van der Waals surface area contributed by atoms with Crippen LogP contribution >= 0.6 is 0 Å². The predicted octanol–water partition coefficient (Wildman–Crippen LogP) is 1.29. The van der Waals surface area contributed by atoms with Gasteiger partial charge in [0.1, 0.15) is 0 Å². The molecule has 1 heterocycles. The number of rotatable bonds is 6. The van der Waals surface area contributed by atoms with E-state index in [2.05, 4.69) is 0 Å². The van der Waals surface area contributed by atoms with Crippen molar-refractivity contribution in [3.63, 3.8) is 0 Å². The normalized spacial score (nSPS) is 21.9. The second-order valence-corrected chi connectivity index (χ2v) is 9.46. The fourth-order valence-corrected chi connectivity index (χ4v) is 5.63. The van der Waals surface area contributed by atoms with Crippen LogP contribution in [0.3, 0.4) is 0 Å². The molecule has 27 heavy (non-hydrogen) atoms. The van der Waals surface area contributed by atoms with Gasteiger partial charge in [-0.05, 0) is 37.0 Å². The number of benzene rings is 1. The Morgan fingerprint density at radius 3 is 2.30 bits per heavy atom. The number of nitrogens with zero attached hydrogens (tertiary/aromatic N) is 1. The van der Waals surface area contributed by atoms with Crippen LogP contribution in [0.2, 0.25) is 0 Å². The van der Waals surface area contributed by atoms with Crippen molar-refractivity contribution >= 4 is 21.7 Å². The second-order valence-electron chi connectivity index (χ2n) is 7.23. The highest BCUT2D eigenvalue weighted by Gasteiger charge is 2.39. The highest BCUT2D eigenvalue weighted by atomic mass is 32.2. The summed E-state index contributed by atoms with van der Waals surface area (Å²) < 4.78 is 28.9. The maximum Gasteiger partial charge on any atom is 0.338 e. The first-order valence-electron chi connectivity index (χ1n) is 9.28. The highest BCUT2D eigenvalue weighted by molar-refractivity contribution is 7.91. The standard InChI is InChI=1S/C19H25NO6S/c21-11-14-5-7-15(8-6-14)19(23)26-12-18(22)20(16-3-1-2-4-16)17-9-10-27(24,25)13-17/h5-8,16-17,21H,1-4,9-13H2/t17-/m0/s1. The van der Waals surface area contributed by atoms with E-state index in [-0.39, 0.29) is 36.1 Å². The molecule has 1 amide bonds. The van der Waals surface area contributed by atoms with Gasteiger partial charge in [0.05, 0.1) is 23.7 Å². The Balaban J connectivity index is 1.64. The number of hydrogen-bond donors (Lipinski definition) is 1. The van der Waals surface area contributed by atoms with Crippen molar-refractivity contribution in [2.45, 2.75) is 50.8 Å². The Bertz CT molecular complexity index is 783. The highest BCUT2D eigenvalue weighted by Crippen LogP contribution is 2.29. The first-order valence-corrected chi connectivity index (χ1v) is 11.1. The van der Waals surface area contributed by atoms with Crippen molar-refractivity contribution in [1.82, 2.24) is 4.90 Å². The van der Waals surface area contributed by atoms with Crippen LogP contribution in [0.4, 0.5) is 0 Å². The quantitative estimate of drug-likeness (QED) is 0.729. The van der Waals surface area contributed by atoms with Gasteiger partial charge in [-0.15, -0.1) is 0 Å². The third-order valence-electron chi connectivity index (χ3n) is 5.31. The number of esters is 1. The molecule has 148 valence electrons. The third kappa shape index (κ3) is 4.87. The molecule has 1 saturated heterocycles. The molecule has 1 saturated carbocycles. The summed E-state index contributed by atoms with van der Waals surface area (Å²) >= 11 is 0. The number of hydrogen-bond acceptors (Lipinski definition) is 6. The smallest absolute Gasteiger partial charge is 0.338 e. The van der Waals surface area contributed by atoms with Gasteiger partial charge in [-0.3, -0.25) is 4.79 Å². The summed E-state index contributed by atoms with van der Waals surface area (Å²) in [5, 5.41) is 9.04. The largest absolute Gasteiger partial charge is 0.452 e. The summed E-state index contributed by atoms with van der Waals surface area (Å²) in [7, 11) is -3.11. The average molecular weight is 395 g/mol. The third-order valence-corrected chi connectivity index (χ3v) is 7.06. The first kappa shape index (κ1) is 19.8. The fraction of sp³-hybridized carbons (Fsp3) is 0.579. The number of ether oxygens (including phenoxy) is 1. The van der Waals surface area contributed by atoms with Crippen LogP contribution in [0, 0.1) is 0 Å². The van der Waals surface area contributed by atoms with Crippen LogP contribution < -0.4 is 0 Å². The van der Waals surface area contributed by atoms with E-state index < -0.39 is 22.4 Å². The van der Waals surface area contributed by atoms with E-state index in [0.717, 1.165) is 25.7 Å². The molecule has 7 nitrogen and oxygen atoms in total. The van der Waals surface area contributed by atoms with Crippen molar-refractivity contribution in [1.29, 1.82) is 0 Å².